The molecule has 22 heavy (non-hydrogen) atoms. The van der Waals surface area contributed by atoms with Crippen molar-refractivity contribution in [3.05, 3.63) is 46.4 Å². The van der Waals surface area contributed by atoms with E-state index in [0.717, 1.165) is 36.2 Å². The maximum Gasteiger partial charge on any atom is 0.303 e. The highest BCUT2D eigenvalue weighted by atomic mass is 35.5. The van der Waals surface area contributed by atoms with Crippen LogP contribution in [-0.2, 0) is 16.0 Å². The molecule has 0 saturated heterocycles. The highest BCUT2D eigenvalue weighted by Crippen LogP contribution is 2.38. The van der Waals surface area contributed by atoms with Gasteiger partial charge in [-0.3, -0.25) is 4.79 Å². The van der Waals surface area contributed by atoms with E-state index in [0.29, 0.717) is 0 Å². The summed E-state index contributed by atoms with van der Waals surface area (Å²) < 4.78 is 5.64. The van der Waals surface area contributed by atoms with E-state index in [2.05, 4.69) is 25.1 Å². The number of rotatable bonds is 2. The molecule has 0 N–H and O–H groups in total. The minimum Gasteiger partial charge on any atom is -0.452 e. The number of alkyl halides is 1. The largest absolute Gasteiger partial charge is 0.452 e. The van der Waals surface area contributed by atoms with Crippen molar-refractivity contribution in [2.45, 2.75) is 50.5 Å². The summed E-state index contributed by atoms with van der Waals surface area (Å²) >= 11 is 8.27. The van der Waals surface area contributed by atoms with Gasteiger partial charge in [0.05, 0.1) is 0 Å². The van der Waals surface area contributed by atoms with Gasteiger partial charge in [-0.05, 0) is 44.4 Å². The molecule has 0 aromatic heterocycles. The lowest BCUT2D eigenvalue weighted by Gasteiger charge is -2.27. The number of esters is 1. The van der Waals surface area contributed by atoms with Gasteiger partial charge in [-0.15, -0.1) is 23.4 Å². The van der Waals surface area contributed by atoms with E-state index in [9.17, 15) is 4.79 Å². The Kier molecular flexibility index (Phi) is 5.99. The summed E-state index contributed by atoms with van der Waals surface area (Å²) in [5.41, 5.74) is 2.29. The molecule has 0 radical (unpaired) electrons. The minimum absolute atomic E-state index is 0.193. The fourth-order valence-electron chi connectivity index (χ4n) is 2.79. The Morgan fingerprint density at radius 1 is 1.36 bits per heavy atom. The average Bonchev–Trinajstić information content (AvgIpc) is 2.47. The molecule has 0 bridgehead atoms. The van der Waals surface area contributed by atoms with Gasteiger partial charge >= 0.3 is 5.97 Å². The van der Waals surface area contributed by atoms with Gasteiger partial charge < -0.3 is 4.74 Å². The summed E-state index contributed by atoms with van der Waals surface area (Å²) in [7, 11) is 0. The van der Waals surface area contributed by atoms with Gasteiger partial charge in [-0.25, -0.2) is 0 Å². The SMILES string of the molecule is CS/C1=C/CCC(C)(Cl)CCc2ccccc2C1OC(C)=O. The van der Waals surface area contributed by atoms with Crippen LogP contribution in [0.1, 0.15) is 50.3 Å². The number of halogens is 1. The highest BCUT2D eigenvalue weighted by molar-refractivity contribution is 8.02. The van der Waals surface area contributed by atoms with E-state index < -0.39 is 0 Å². The number of allylic oxidation sites excluding steroid dienone is 1. The normalized spacial score (nSPS) is 28.2. The summed E-state index contributed by atoms with van der Waals surface area (Å²) in [4.78, 5) is 12.4. The molecular formula is C18H23ClO2S. The Morgan fingerprint density at radius 3 is 2.77 bits per heavy atom. The van der Waals surface area contributed by atoms with Gasteiger partial charge in [0.25, 0.3) is 0 Å². The quantitative estimate of drug-likeness (QED) is 0.543. The first-order valence-corrected chi connectivity index (χ1v) is 9.21. The van der Waals surface area contributed by atoms with Crippen molar-refractivity contribution in [2.75, 3.05) is 6.26 Å². The third-order valence-electron chi connectivity index (χ3n) is 4.04. The van der Waals surface area contributed by atoms with Crippen LogP contribution in [0.15, 0.2) is 35.2 Å². The number of hydrogen-bond acceptors (Lipinski definition) is 3. The van der Waals surface area contributed by atoms with Crippen LogP contribution in [0, 0.1) is 0 Å². The summed E-state index contributed by atoms with van der Waals surface area (Å²) in [6.45, 7) is 3.57. The molecule has 0 spiro atoms. The number of aryl methyl sites for hydroxylation is 1. The summed E-state index contributed by atoms with van der Waals surface area (Å²) in [6.07, 6.45) is 7.53. The molecule has 1 aromatic rings. The number of hydrogen-bond donors (Lipinski definition) is 0. The standard InChI is InChI=1S/C18H23ClO2S/c1-13(20)21-17-15-8-5-4-7-14(15)10-12-18(2,19)11-6-9-16(17)22-3/h4-5,7-9,17H,6,10-12H2,1-3H3/b16-9+. The maximum atomic E-state index is 11.6. The highest BCUT2D eigenvalue weighted by Gasteiger charge is 2.26. The molecule has 0 heterocycles. The molecule has 1 aliphatic carbocycles. The number of thioether (sulfide) groups is 1. The molecule has 2 rings (SSSR count). The Hall–Kier alpha value is -0.930. The molecule has 1 aromatic carbocycles. The minimum atomic E-state index is -0.302. The van der Waals surface area contributed by atoms with Gasteiger partial charge in [0, 0.05) is 22.3 Å². The van der Waals surface area contributed by atoms with Gasteiger partial charge in [0.15, 0.2) is 6.10 Å². The summed E-state index contributed by atoms with van der Waals surface area (Å²) in [5, 5.41) is 0. The van der Waals surface area contributed by atoms with Crippen LogP contribution in [-0.4, -0.2) is 17.1 Å². The summed E-state index contributed by atoms with van der Waals surface area (Å²) in [5.74, 6) is -0.251. The topological polar surface area (TPSA) is 26.3 Å². The smallest absolute Gasteiger partial charge is 0.303 e. The molecule has 4 heteroatoms. The van der Waals surface area contributed by atoms with Gasteiger partial charge in [-0.2, -0.15) is 0 Å². The van der Waals surface area contributed by atoms with Crippen LogP contribution >= 0.6 is 23.4 Å². The van der Waals surface area contributed by atoms with Gasteiger partial charge in [0.1, 0.15) is 0 Å². The van der Waals surface area contributed by atoms with Crippen molar-refractivity contribution in [1.29, 1.82) is 0 Å². The second-order valence-corrected chi connectivity index (χ2v) is 7.74. The van der Waals surface area contributed by atoms with Crippen LogP contribution in [0.25, 0.3) is 0 Å². The lowest BCUT2D eigenvalue weighted by Crippen LogP contribution is -2.20. The van der Waals surface area contributed by atoms with Crippen molar-refractivity contribution in [3.8, 4) is 0 Å². The van der Waals surface area contributed by atoms with Crippen molar-refractivity contribution in [2.24, 2.45) is 0 Å². The molecule has 0 amide bonds. The first-order valence-electron chi connectivity index (χ1n) is 7.61. The van der Waals surface area contributed by atoms with E-state index in [4.69, 9.17) is 16.3 Å². The van der Waals surface area contributed by atoms with Crippen molar-refractivity contribution in [3.63, 3.8) is 0 Å². The second kappa shape index (κ2) is 7.56. The third kappa shape index (κ3) is 4.53. The number of carbonyl (C=O) groups excluding carboxylic acids is 1. The molecule has 2 atom stereocenters. The van der Waals surface area contributed by atoms with Gasteiger partial charge in [0.2, 0.25) is 0 Å². The molecular weight excluding hydrogens is 316 g/mol. The zero-order valence-corrected chi connectivity index (χ0v) is 15.0. The molecule has 2 nitrogen and oxygen atoms in total. The molecule has 1 aliphatic rings. The maximum absolute atomic E-state index is 11.6. The molecule has 0 fully saturated rings. The lowest BCUT2D eigenvalue weighted by molar-refractivity contribution is -0.144. The zero-order chi connectivity index (χ0) is 16.2. The summed E-state index contributed by atoms with van der Waals surface area (Å²) in [6, 6.07) is 8.20. The molecule has 0 aliphatic heterocycles. The van der Waals surface area contributed by atoms with Crippen molar-refractivity contribution >= 4 is 29.3 Å². The van der Waals surface area contributed by atoms with Crippen molar-refractivity contribution < 1.29 is 9.53 Å². The lowest BCUT2D eigenvalue weighted by atomic mass is 9.90. The number of ether oxygens (including phenoxy) is 1. The second-order valence-electron chi connectivity index (χ2n) is 5.95. The van der Waals surface area contributed by atoms with E-state index >= 15 is 0 Å². The Labute approximate surface area is 142 Å². The Bertz CT molecular complexity index is 566. The van der Waals surface area contributed by atoms with E-state index in [1.54, 1.807) is 11.8 Å². The number of fused-ring (bicyclic) bond motifs is 1. The molecule has 120 valence electrons. The zero-order valence-electron chi connectivity index (χ0n) is 13.4. The monoisotopic (exact) mass is 338 g/mol. The number of carbonyl (C=O) groups is 1. The van der Waals surface area contributed by atoms with Crippen LogP contribution in [0.2, 0.25) is 0 Å². The Morgan fingerprint density at radius 2 is 2.09 bits per heavy atom. The predicted molar refractivity (Wildman–Crippen MR) is 94.4 cm³/mol. The molecule has 0 saturated carbocycles. The average molecular weight is 339 g/mol. The van der Waals surface area contributed by atoms with Crippen LogP contribution in [0.4, 0.5) is 0 Å². The van der Waals surface area contributed by atoms with Crippen LogP contribution < -0.4 is 0 Å². The van der Waals surface area contributed by atoms with E-state index in [1.165, 1.54) is 12.5 Å². The van der Waals surface area contributed by atoms with Crippen LogP contribution in [0.5, 0.6) is 0 Å². The third-order valence-corrected chi connectivity index (χ3v) is 5.27. The Balaban J connectivity index is 2.47. The van der Waals surface area contributed by atoms with Crippen LogP contribution in [0.3, 0.4) is 0 Å². The van der Waals surface area contributed by atoms with E-state index in [-0.39, 0.29) is 16.9 Å². The molecule has 2 unspecified atom stereocenters. The van der Waals surface area contributed by atoms with E-state index in [1.807, 2.05) is 18.4 Å². The van der Waals surface area contributed by atoms with Crippen molar-refractivity contribution in [1.82, 2.24) is 0 Å². The fraction of sp³-hybridized carbons (Fsp3) is 0.500. The first-order chi connectivity index (χ1) is 10.4. The predicted octanol–water partition coefficient (Wildman–Crippen LogP) is 5.26. The fourth-order valence-corrected chi connectivity index (χ4v) is 3.67. The number of benzene rings is 1. The van der Waals surface area contributed by atoms with Gasteiger partial charge in [-0.1, -0.05) is 30.3 Å². The first kappa shape index (κ1) is 17.4.